The SMILES string of the molecule is C=C[C@H]1CN(C(=O)CC#N)[C@]12CCN(c1ncnc3[nH]ccc13)C2. The Morgan fingerprint density at radius 2 is 2.46 bits per heavy atom. The molecule has 24 heavy (non-hydrogen) atoms. The maximum Gasteiger partial charge on any atom is 0.237 e. The van der Waals surface area contributed by atoms with E-state index in [2.05, 4.69) is 26.4 Å². The van der Waals surface area contributed by atoms with Crippen LogP contribution in [0.5, 0.6) is 0 Å². The zero-order valence-corrected chi connectivity index (χ0v) is 13.3. The molecule has 0 saturated carbocycles. The fourth-order valence-corrected chi connectivity index (χ4v) is 4.07. The first-order valence-electron chi connectivity index (χ1n) is 8.02. The van der Waals surface area contributed by atoms with Crippen LogP contribution in [0.4, 0.5) is 5.82 Å². The van der Waals surface area contributed by atoms with Crippen molar-refractivity contribution in [2.45, 2.75) is 18.4 Å². The Kier molecular flexibility index (Phi) is 3.27. The van der Waals surface area contributed by atoms with Crippen molar-refractivity contribution in [1.29, 1.82) is 5.26 Å². The maximum atomic E-state index is 12.3. The van der Waals surface area contributed by atoms with Gasteiger partial charge in [-0.15, -0.1) is 6.58 Å². The number of fused-ring (bicyclic) bond motifs is 1. The number of carbonyl (C=O) groups excluding carboxylic acids is 1. The molecule has 1 amide bonds. The summed E-state index contributed by atoms with van der Waals surface area (Å²) in [5.41, 5.74) is 0.552. The number of nitriles is 1. The summed E-state index contributed by atoms with van der Waals surface area (Å²) in [6.45, 7) is 6.11. The van der Waals surface area contributed by atoms with Crippen molar-refractivity contribution in [3.05, 3.63) is 31.2 Å². The van der Waals surface area contributed by atoms with Crippen molar-refractivity contribution < 1.29 is 4.79 Å². The molecular weight excluding hydrogens is 304 g/mol. The van der Waals surface area contributed by atoms with Crippen LogP contribution in [-0.4, -0.2) is 50.9 Å². The van der Waals surface area contributed by atoms with Gasteiger partial charge in [0.15, 0.2) is 0 Å². The van der Waals surface area contributed by atoms with E-state index in [-0.39, 0.29) is 23.8 Å². The number of anilines is 1. The van der Waals surface area contributed by atoms with Gasteiger partial charge in [0.25, 0.3) is 0 Å². The lowest BCUT2D eigenvalue weighted by Gasteiger charge is -2.56. The number of likely N-dealkylation sites (tertiary alicyclic amines) is 1. The maximum absolute atomic E-state index is 12.3. The summed E-state index contributed by atoms with van der Waals surface area (Å²) in [6, 6.07) is 3.94. The van der Waals surface area contributed by atoms with Crippen LogP contribution in [0.25, 0.3) is 11.0 Å². The Hall–Kier alpha value is -2.88. The monoisotopic (exact) mass is 322 g/mol. The molecule has 2 aliphatic rings. The third-order valence-electron chi connectivity index (χ3n) is 5.33. The van der Waals surface area contributed by atoms with E-state index in [9.17, 15) is 4.79 Å². The van der Waals surface area contributed by atoms with Gasteiger partial charge in [-0.05, 0) is 12.5 Å². The first kappa shape index (κ1) is 14.7. The van der Waals surface area contributed by atoms with E-state index in [0.29, 0.717) is 13.1 Å². The number of nitrogens with one attached hydrogen (secondary N) is 1. The third kappa shape index (κ3) is 1.92. The summed E-state index contributed by atoms with van der Waals surface area (Å²) in [5, 5.41) is 9.82. The number of aromatic amines is 1. The summed E-state index contributed by atoms with van der Waals surface area (Å²) >= 11 is 0. The molecule has 0 bridgehead atoms. The van der Waals surface area contributed by atoms with Gasteiger partial charge in [0.2, 0.25) is 5.91 Å². The Morgan fingerprint density at radius 3 is 3.25 bits per heavy atom. The van der Waals surface area contributed by atoms with Gasteiger partial charge in [-0.1, -0.05) is 6.08 Å². The van der Waals surface area contributed by atoms with Crippen molar-refractivity contribution in [3.8, 4) is 6.07 Å². The molecule has 0 aliphatic carbocycles. The molecule has 0 unspecified atom stereocenters. The van der Waals surface area contributed by atoms with Crippen LogP contribution in [0.15, 0.2) is 31.2 Å². The molecule has 7 heteroatoms. The van der Waals surface area contributed by atoms with Crippen molar-refractivity contribution in [2.75, 3.05) is 24.5 Å². The van der Waals surface area contributed by atoms with E-state index in [1.54, 1.807) is 6.33 Å². The van der Waals surface area contributed by atoms with E-state index in [1.165, 1.54) is 0 Å². The van der Waals surface area contributed by atoms with Crippen molar-refractivity contribution >= 4 is 22.8 Å². The molecule has 2 aliphatic heterocycles. The van der Waals surface area contributed by atoms with Crippen LogP contribution in [0.1, 0.15) is 12.8 Å². The van der Waals surface area contributed by atoms with E-state index >= 15 is 0 Å². The van der Waals surface area contributed by atoms with Gasteiger partial charge in [0.1, 0.15) is 24.2 Å². The first-order chi connectivity index (χ1) is 11.7. The van der Waals surface area contributed by atoms with Crippen molar-refractivity contribution in [1.82, 2.24) is 19.9 Å². The van der Waals surface area contributed by atoms with Crippen LogP contribution in [0.3, 0.4) is 0 Å². The minimum Gasteiger partial charge on any atom is -0.353 e. The Balaban J connectivity index is 1.64. The number of amides is 1. The standard InChI is InChI=1S/C17H18N6O/c1-2-12-9-23(14(24)3-6-18)17(12)5-8-22(10-17)16-13-4-7-19-15(13)20-11-21-16/h2,4,7,11-12H,1,3,5,8-10H2,(H,19,20,21)/t12-,17-/m0/s1. The fraction of sp³-hybridized carbons (Fsp3) is 0.412. The number of hydrogen-bond acceptors (Lipinski definition) is 5. The molecule has 4 rings (SSSR count). The van der Waals surface area contributed by atoms with E-state index in [4.69, 9.17) is 5.26 Å². The van der Waals surface area contributed by atoms with Gasteiger partial charge < -0.3 is 14.8 Å². The van der Waals surface area contributed by atoms with Crippen LogP contribution in [0.2, 0.25) is 0 Å². The molecule has 1 spiro atoms. The minimum atomic E-state index is -0.261. The quantitative estimate of drug-likeness (QED) is 0.864. The highest BCUT2D eigenvalue weighted by Crippen LogP contribution is 2.46. The van der Waals surface area contributed by atoms with Crippen molar-refractivity contribution in [3.63, 3.8) is 0 Å². The number of carbonyl (C=O) groups is 1. The molecule has 1 N–H and O–H groups in total. The second-order valence-corrected chi connectivity index (χ2v) is 6.39. The first-order valence-corrected chi connectivity index (χ1v) is 8.02. The highest BCUT2D eigenvalue weighted by molar-refractivity contribution is 5.87. The zero-order valence-electron chi connectivity index (χ0n) is 13.3. The number of H-pyrrole nitrogens is 1. The summed E-state index contributed by atoms with van der Waals surface area (Å²) in [7, 11) is 0. The fourth-order valence-electron chi connectivity index (χ4n) is 4.07. The van der Waals surface area contributed by atoms with E-state index in [0.717, 1.165) is 29.8 Å². The lowest BCUT2D eigenvalue weighted by atomic mass is 9.73. The van der Waals surface area contributed by atoms with Gasteiger partial charge >= 0.3 is 0 Å². The van der Waals surface area contributed by atoms with Crippen LogP contribution in [0, 0.1) is 17.2 Å². The smallest absolute Gasteiger partial charge is 0.237 e. The molecule has 2 atom stereocenters. The largest absolute Gasteiger partial charge is 0.353 e. The number of rotatable bonds is 3. The van der Waals surface area contributed by atoms with Gasteiger partial charge in [-0.3, -0.25) is 4.79 Å². The highest BCUT2D eigenvalue weighted by Gasteiger charge is 2.57. The van der Waals surface area contributed by atoms with Crippen LogP contribution < -0.4 is 4.90 Å². The van der Waals surface area contributed by atoms with Gasteiger partial charge in [-0.25, -0.2) is 9.97 Å². The molecule has 4 heterocycles. The van der Waals surface area contributed by atoms with Crippen LogP contribution >= 0.6 is 0 Å². The number of hydrogen-bond donors (Lipinski definition) is 1. The third-order valence-corrected chi connectivity index (χ3v) is 5.33. The van der Waals surface area contributed by atoms with Gasteiger partial charge in [-0.2, -0.15) is 5.26 Å². The molecule has 0 aromatic carbocycles. The van der Waals surface area contributed by atoms with Gasteiger partial charge in [0.05, 0.1) is 17.0 Å². The predicted molar refractivity (Wildman–Crippen MR) is 89.1 cm³/mol. The lowest BCUT2D eigenvalue weighted by Crippen LogP contribution is -2.69. The lowest BCUT2D eigenvalue weighted by molar-refractivity contribution is -0.150. The molecule has 2 aromatic rings. The number of nitrogens with zero attached hydrogens (tertiary/aromatic N) is 5. The molecule has 2 saturated heterocycles. The Bertz CT molecular complexity index is 852. The Morgan fingerprint density at radius 1 is 1.58 bits per heavy atom. The second kappa shape index (κ2) is 5.34. The molecule has 122 valence electrons. The van der Waals surface area contributed by atoms with Crippen LogP contribution in [-0.2, 0) is 4.79 Å². The predicted octanol–water partition coefficient (Wildman–Crippen LogP) is 1.46. The average Bonchev–Trinajstić information content (AvgIpc) is 3.22. The summed E-state index contributed by atoms with van der Waals surface area (Å²) in [5.74, 6) is 1.06. The molecule has 0 radical (unpaired) electrons. The average molecular weight is 322 g/mol. The minimum absolute atomic E-state index is 0.0683. The normalized spacial score (nSPS) is 25.7. The number of aromatic nitrogens is 3. The molecule has 2 fully saturated rings. The zero-order chi connectivity index (χ0) is 16.7. The molecule has 2 aromatic heterocycles. The second-order valence-electron chi connectivity index (χ2n) is 6.39. The van der Waals surface area contributed by atoms with Crippen molar-refractivity contribution in [2.24, 2.45) is 5.92 Å². The van der Waals surface area contributed by atoms with Gasteiger partial charge in [0, 0.05) is 31.7 Å². The highest BCUT2D eigenvalue weighted by atomic mass is 16.2. The molecule has 7 nitrogen and oxygen atoms in total. The van der Waals surface area contributed by atoms with E-state index in [1.807, 2.05) is 29.3 Å². The topological polar surface area (TPSA) is 88.9 Å². The Labute approximate surface area is 139 Å². The summed E-state index contributed by atoms with van der Waals surface area (Å²) in [4.78, 5) is 28.1. The van der Waals surface area contributed by atoms with E-state index < -0.39 is 0 Å². The summed E-state index contributed by atoms with van der Waals surface area (Å²) in [6.07, 6.45) is 6.14. The summed E-state index contributed by atoms with van der Waals surface area (Å²) < 4.78 is 0. The molecular formula is C17H18N6O.